The van der Waals surface area contributed by atoms with Crippen LogP contribution in [0.3, 0.4) is 0 Å². The van der Waals surface area contributed by atoms with Crippen LogP contribution in [0, 0.1) is 6.92 Å². The standard InChI is InChI=1S/C18H31NO/c1-13(2)18-10-9-17(12-15(18)5)20-16(6)8-7-11-19-14(3)4/h9-10,12-14,16,19H,7-8,11H2,1-6H3. The van der Waals surface area contributed by atoms with Gasteiger partial charge < -0.3 is 10.1 Å². The van der Waals surface area contributed by atoms with Gasteiger partial charge in [-0.05, 0) is 62.4 Å². The van der Waals surface area contributed by atoms with Crippen molar-refractivity contribution in [3.63, 3.8) is 0 Å². The predicted octanol–water partition coefficient (Wildman–Crippen LogP) is 4.66. The van der Waals surface area contributed by atoms with Crippen molar-refractivity contribution in [1.82, 2.24) is 5.32 Å². The van der Waals surface area contributed by atoms with Crippen LogP contribution >= 0.6 is 0 Å². The highest BCUT2D eigenvalue weighted by Gasteiger charge is 2.08. The van der Waals surface area contributed by atoms with E-state index in [9.17, 15) is 0 Å². The van der Waals surface area contributed by atoms with Gasteiger partial charge in [0.2, 0.25) is 0 Å². The largest absolute Gasteiger partial charge is 0.491 e. The monoisotopic (exact) mass is 277 g/mol. The molecular weight excluding hydrogens is 246 g/mol. The lowest BCUT2D eigenvalue weighted by atomic mass is 9.98. The average molecular weight is 277 g/mol. The Morgan fingerprint density at radius 1 is 1.10 bits per heavy atom. The van der Waals surface area contributed by atoms with Crippen molar-refractivity contribution in [1.29, 1.82) is 0 Å². The molecule has 1 N–H and O–H groups in total. The molecule has 0 aliphatic heterocycles. The van der Waals surface area contributed by atoms with Crippen LogP contribution in [-0.4, -0.2) is 18.7 Å². The number of ether oxygens (including phenoxy) is 1. The van der Waals surface area contributed by atoms with E-state index in [4.69, 9.17) is 4.74 Å². The van der Waals surface area contributed by atoms with Crippen LogP contribution in [0.1, 0.15) is 64.5 Å². The van der Waals surface area contributed by atoms with E-state index in [1.165, 1.54) is 11.1 Å². The summed E-state index contributed by atoms with van der Waals surface area (Å²) >= 11 is 0. The molecular formula is C18H31NO. The molecule has 2 heteroatoms. The summed E-state index contributed by atoms with van der Waals surface area (Å²) in [5, 5.41) is 3.44. The lowest BCUT2D eigenvalue weighted by molar-refractivity contribution is 0.207. The van der Waals surface area contributed by atoms with Gasteiger partial charge in [-0.3, -0.25) is 0 Å². The van der Waals surface area contributed by atoms with Gasteiger partial charge >= 0.3 is 0 Å². The van der Waals surface area contributed by atoms with Crippen LogP contribution in [0.2, 0.25) is 0 Å². The predicted molar refractivity (Wildman–Crippen MR) is 87.7 cm³/mol. The minimum absolute atomic E-state index is 0.272. The highest BCUT2D eigenvalue weighted by molar-refractivity contribution is 5.36. The SMILES string of the molecule is Cc1cc(OC(C)CCCNC(C)C)ccc1C(C)C. The summed E-state index contributed by atoms with van der Waals surface area (Å²) in [6.45, 7) is 14.2. The van der Waals surface area contributed by atoms with Gasteiger partial charge in [0, 0.05) is 6.04 Å². The first-order valence-electron chi connectivity index (χ1n) is 7.90. The number of nitrogens with one attached hydrogen (secondary N) is 1. The maximum Gasteiger partial charge on any atom is 0.119 e. The first-order chi connectivity index (χ1) is 9.40. The van der Waals surface area contributed by atoms with E-state index in [1.807, 2.05) is 0 Å². The Bertz CT molecular complexity index is 398. The van der Waals surface area contributed by atoms with E-state index in [0.717, 1.165) is 25.1 Å². The van der Waals surface area contributed by atoms with Gasteiger partial charge in [-0.25, -0.2) is 0 Å². The summed E-state index contributed by atoms with van der Waals surface area (Å²) in [7, 11) is 0. The molecule has 0 saturated carbocycles. The van der Waals surface area contributed by atoms with Crippen molar-refractivity contribution in [3.05, 3.63) is 29.3 Å². The quantitative estimate of drug-likeness (QED) is 0.698. The smallest absolute Gasteiger partial charge is 0.119 e. The molecule has 1 unspecified atom stereocenters. The van der Waals surface area contributed by atoms with Crippen LogP contribution < -0.4 is 10.1 Å². The van der Waals surface area contributed by atoms with Crippen molar-refractivity contribution < 1.29 is 4.74 Å². The van der Waals surface area contributed by atoms with E-state index < -0.39 is 0 Å². The zero-order valence-electron chi connectivity index (χ0n) is 14.0. The Morgan fingerprint density at radius 2 is 1.80 bits per heavy atom. The molecule has 114 valence electrons. The molecule has 2 nitrogen and oxygen atoms in total. The highest BCUT2D eigenvalue weighted by Crippen LogP contribution is 2.24. The van der Waals surface area contributed by atoms with Crippen molar-refractivity contribution in [3.8, 4) is 5.75 Å². The maximum atomic E-state index is 6.01. The van der Waals surface area contributed by atoms with Gasteiger partial charge in [-0.1, -0.05) is 33.8 Å². The molecule has 0 aromatic heterocycles. The maximum absolute atomic E-state index is 6.01. The summed E-state index contributed by atoms with van der Waals surface area (Å²) in [4.78, 5) is 0. The molecule has 20 heavy (non-hydrogen) atoms. The van der Waals surface area contributed by atoms with Crippen LogP contribution in [-0.2, 0) is 0 Å². The highest BCUT2D eigenvalue weighted by atomic mass is 16.5. The van der Waals surface area contributed by atoms with Crippen LogP contribution in [0.25, 0.3) is 0 Å². The number of rotatable bonds is 8. The normalized spacial score (nSPS) is 13.0. The molecule has 0 aliphatic rings. The lowest BCUT2D eigenvalue weighted by Crippen LogP contribution is -2.25. The Hall–Kier alpha value is -1.02. The molecule has 1 atom stereocenters. The molecule has 1 aromatic rings. The molecule has 0 saturated heterocycles. The van der Waals surface area contributed by atoms with E-state index in [2.05, 4.69) is 65.1 Å². The van der Waals surface area contributed by atoms with E-state index in [-0.39, 0.29) is 6.10 Å². The summed E-state index contributed by atoms with van der Waals surface area (Å²) < 4.78 is 6.01. The molecule has 0 heterocycles. The minimum Gasteiger partial charge on any atom is -0.491 e. The fourth-order valence-electron chi connectivity index (χ4n) is 2.44. The summed E-state index contributed by atoms with van der Waals surface area (Å²) in [6, 6.07) is 7.03. The number of aryl methyl sites for hydroxylation is 1. The third kappa shape index (κ3) is 5.96. The molecule has 0 aliphatic carbocycles. The van der Waals surface area contributed by atoms with Crippen LogP contribution in [0.4, 0.5) is 0 Å². The second-order valence-corrected chi connectivity index (χ2v) is 6.35. The minimum atomic E-state index is 0.272. The van der Waals surface area contributed by atoms with E-state index in [1.54, 1.807) is 0 Å². The number of hydrogen-bond donors (Lipinski definition) is 1. The fourth-order valence-corrected chi connectivity index (χ4v) is 2.44. The molecule has 0 bridgehead atoms. The van der Waals surface area contributed by atoms with E-state index in [0.29, 0.717) is 12.0 Å². The lowest BCUT2D eigenvalue weighted by Gasteiger charge is -2.17. The van der Waals surface area contributed by atoms with Crippen LogP contribution in [0.15, 0.2) is 18.2 Å². The Labute approximate surface area is 124 Å². The van der Waals surface area contributed by atoms with Crippen molar-refractivity contribution >= 4 is 0 Å². The van der Waals surface area contributed by atoms with Gasteiger partial charge in [0.25, 0.3) is 0 Å². The zero-order chi connectivity index (χ0) is 15.1. The van der Waals surface area contributed by atoms with Gasteiger partial charge in [0.15, 0.2) is 0 Å². The Balaban J connectivity index is 2.42. The summed E-state index contributed by atoms with van der Waals surface area (Å²) in [5.41, 5.74) is 2.73. The van der Waals surface area contributed by atoms with Crippen molar-refractivity contribution in [2.24, 2.45) is 0 Å². The number of benzene rings is 1. The van der Waals surface area contributed by atoms with Gasteiger partial charge in [-0.2, -0.15) is 0 Å². The molecule has 1 aromatic carbocycles. The van der Waals surface area contributed by atoms with E-state index >= 15 is 0 Å². The Kier molecular flexibility index (Phi) is 7.08. The molecule has 1 rings (SSSR count). The third-order valence-corrected chi connectivity index (χ3v) is 3.54. The van der Waals surface area contributed by atoms with Crippen LogP contribution in [0.5, 0.6) is 5.75 Å². The average Bonchev–Trinajstić information content (AvgIpc) is 2.34. The first-order valence-corrected chi connectivity index (χ1v) is 7.90. The first kappa shape index (κ1) is 17.0. The molecule has 0 fully saturated rings. The van der Waals surface area contributed by atoms with Gasteiger partial charge in [-0.15, -0.1) is 0 Å². The second-order valence-electron chi connectivity index (χ2n) is 6.35. The Morgan fingerprint density at radius 3 is 2.35 bits per heavy atom. The van der Waals surface area contributed by atoms with Crippen molar-refractivity contribution in [2.75, 3.05) is 6.54 Å². The second kappa shape index (κ2) is 8.31. The molecule has 0 radical (unpaired) electrons. The van der Waals surface area contributed by atoms with Gasteiger partial charge in [0.05, 0.1) is 6.10 Å². The topological polar surface area (TPSA) is 21.3 Å². The third-order valence-electron chi connectivity index (χ3n) is 3.54. The van der Waals surface area contributed by atoms with Gasteiger partial charge in [0.1, 0.15) is 5.75 Å². The molecule has 0 spiro atoms. The zero-order valence-corrected chi connectivity index (χ0v) is 14.0. The number of hydrogen-bond acceptors (Lipinski definition) is 2. The summed E-state index contributed by atoms with van der Waals surface area (Å²) in [6.07, 6.45) is 2.51. The van der Waals surface area contributed by atoms with Crippen molar-refractivity contribution in [2.45, 2.75) is 72.4 Å². The molecule has 0 amide bonds. The summed E-state index contributed by atoms with van der Waals surface area (Å²) in [5.74, 6) is 1.57. The fraction of sp³-hybridized carbons (Fsp3) is 0.667.